The Hall–Kier alpha value is -2.86. The SMILES string of the molecule is O=C(NCCCSc1ccc(F)cc1)c1cccc(OCc2cccnc2)c1. The number of amides is 1. The number of carbonyl (C=O) groups excluding carboxylic acids is 1. The molecule has 28 heavy (non-hydrogen) atoms. The Balaban J connectivity index is 1.40. The van der Waals surface area contributed by atoms with Gasteiger partial charge in [0.2, 0.25) is 0 Å². The average molecular weight is 396 g/mol. The lowest BCUT2D eigenvalue weighted by Crippen LogP contribution is -2.24. The number of halogens is 1. The smallest absolute Gasteiger partial charge is 0.251 e. The van der Waals surface area contributed by atoms with Gasteiger partial charge < -0.3 is 10.1 Å². The highest BCUT2D eigenvalue weighted by Gasteiger charge is 2.06. The number of nitrogens with one attached hydrogen (secondary N) is 1. The van der Waals surface area contributed by atoms with E-state index in [2.05, 4.69) is 10.3 Å². The number of carbonyl (C=O) groups is 1. The molecular formula is C22H21FN2O2S. The van der Waals surface area contributed by atoms with E-state index in [0.717, 1.165) is 22.6 Å². The third-order valence-corrected chi connectivity index (χ3v) is 5.01. The number of nitrogens with zero attached hydrogens (tertiary/aromatic N) is 1. The van der Waals surface area contributed by atoms with Crippen molar-refractivity contribution >= 4 is 17.7 Å². The molecule has 0 aliphatic heterocycles. The summed E-state index contributed by atoms with van der Waals surface area (Å²) in [5, 5.41) is 2.92. The lowest BCUT2D eigenvalue weighted by atomic mass is 10.2. The van der Waals surface area contributed by atoms with Crippen molar-refractivity contribution in [3.05, 3.63) is 90.0 Å². The molecule has 6 heteroatoms. The molecule has 4 nitrogen and oxygen atoms in total. The summed E-state index contributed by atoms with van der Waals surface area (Å²) >= 11 is 1.64. The minimum Gasteiger partial charge on any atom is -0.489 e. The molecule has 1 aromatic heterocycles. The highest BCUT2D eigenvalue weighted by Crippen LogP contribution is 2.19. The zero-order chi connectivity index (χ0) is 19.6. The summed E-state index contributed by atoms with van der Waals surface area (Å²) in [5.41, 5.74) is 1.53. The molecule has 1 heterocycles. The van der Waals surface area contributed by atoms with Gasteiger partial charge in [0.15, 0.2) is 0 Å². The summed E-state index contributed by atoms with van der Waals surface area (Å²) in [4.78, 5) is 17.4. The van der Waals surface area contributed by atoms with Gasteiger partial charge in [0.25, 0.3) is 5.91 Å². The molecular weight excluding hydrogens is 375 g/mol. The Morgan fingerprint density at radius 1 is 1.11 bits per heavy atom. The van der Waals surface area contributed by atoms with Gasteiger partial charge in [0.1, 0.15) is 18.2 Å². The van der Waals surface area contributed by atoms with E-state index >= 15 is 0 Å². The molecule has 0 saturated heterocycles. The monoisotopic (exact) mass is 396 g/mol. The van der Waals surface area contributed by atoms with Gasteiger partial charge in [0.05, 0.1) is 0 Å². The molecule has 3 rings (SSSR count). The summed E-state index contributed by atoms with van der Waals surface area (Å²) in [7, 11) is 0. The molecule has 0 saturated carbocycles. The van der Waals surface area contributed by atoms with Crippen LogP contribution in [0.25, 0.3) is 0 Å². The van der Waals surface area contributed by atoms with Gasteiger partial charge in [-0.1, -0.05) is 12.1 Å². The van der Waals surface area contributed by atoms with Gasteiger partial charge in [-0.05, 0) is 60.7 Å². The summed E-state index contributed by atoms with van der Waals surface area (Å²) < 4.78 is 18.6. The Morgan fingerprint density at radius 3 is 2.75 bits per heavy atom. The Labute approximate surface area is 168 Å². The van der Waals surface area contributed by atoms with Crippen molar-refractivity contribution in [1.29, 1.82) is 0 Å². The highest BCUT2D eigenvalue weighted by molar-refractivity contribution is 7.99. The highest BCUT2D eigenvalue weighted by atomic mass is 32.2. The van der Waals surface area contributed by atoms with Gasteiger partial charge in [-0.25, -0.2) is 4.39 Å². The van der Waals surface area contributed by atoms with Crippen LogP contribution < -0.4 is 10.1 Å². The molecule has 0 aliphatic carbocycles. The number of hydrogen-bond donors (Lipinski definition) is 1. The lowest BCUT2D eigenvalue weighted by molar-refractivity contribution is 0.0953. The van der Waals surface area contributed by atoms with Crippen molar-refractivity contribution in [2.45, 2.75) is 17.9 Å². The van der Waals surface area contributed by atoms with Crippen molar-refractivity contribution in [3.63, 3.8) is 0 Å². The Bertz CT molecular complexity index is 889. The molecule has 1 N–H and O–H groups in total. The van der Waals surface area contributed by atoms with Crippen LogP contribution >= 0.6 is 11.8 Å². The minimum atomic E-state index is -0.233. The molecule has 1 amide bonds. The normalized spacial score (nSPS) is 10.5. The molecule has 0 fully saturated rings. The van der Waals surface area contributed by atoms with Crippen LogP contribution in [0.4, 0.5) is 4.39 Å². The summed E-state index contributed by atoms with van der Waals surface area (Å²) in [6.07, 6.45) is 4.29. The van der Waals surface area contributed by atoms with Crippen LogP contribution in [-0.4, -0.2) is 23.2 Å². The summed E-state index contributed by atoms with van der Waals surface area (Å²) in [6.45, 7) is 0.979. The molecule has 144 valence electrons. The van der Waals surface area contributed by atoms with E-state index < -0.39 is 0 Å². The van der Waals surface area contributed by atoms with Crippen molar-refractivity contribution in [2.24, 2.45) is 0 Å². The van der Waals surface area contributed by atoms with Gasteiger partial charge in [-0.2, -0.15) is 0 Å². The van der Waals surface area contributed by atoms with E-state index in [1.807, 2.05) is 18.2 Å². The molecule has 0 unspecified atom stereocenters. The molecule has 0 spiro atoms. The predicted molar refractivity (Wildman–Crippen MR) is 109 cm³/mol. The zero-order valence-electron chi connectivity index (χ0n) is 15.3. The van der Waals surface area contributed by atoms with E-state index in [-0.39, 0.29) is 11.7 Å². The second-order valence-electron chi connectivity index (χ2n) is 6.09. The van der Waals surface area contributed by atoms with Crippen LogP contribution in [0.1, 0.15) is 22.3 Å². The van der Waals surface area contributed by atoms with Gasteiger partial charge in [-0.15, -0.1) is 11.8 Å². The first-order valence-electron chi connectivity index (χ1n) is 8.99. The lowest BCUT2D eigenvalue weighted by Gasteiger charge is -2.09. The number of ether oxygens (including phenoxy) is 1. The van der Waals surface area contributed by atoms with E-state index in [1.54, 1.807) is 54.5 Å². The fraction of sp³-hybridized carbons (Fsp3) is 0.182. The van der Waals surface area contributed by atoms with E-state index in [4.69, 9.17) is 4.74 Å². The number of pyridine rings is 1. The fourth-order valence-corrected chi connectivity index (χ4v) is 3.33. The Kier molecular flexibility index (Phi) is 7.44. The van der Waals surface area contributed by atoms with Gasteiger partial charge >= 0.3 is 0 Å². The quantitative estimate of drug-likeness (QED) is 0.420. The van der Waals surface area contributed by atoms with Crippen molar-refractivity contribution < 1.29 is 13.9 Å². The van der Waals surface area contributed by atoms with E-state index in [1.165, 1.54) is 12.1 Å². The topological polar surface area (TPSA) is 51.2 Å². The molecule has 0 bridgehead atoms. The van der Waals surface area contributed by atoms with Crippen LogP contribution in [0, 0.1) is 5.82 Å². The number of thioether (sulfide) groups is 1. The molecule has 0 atom stereocenters. The first kappa shape index (κ1) is 19.9. The van der Waals surface area contributed by atoms with Gasteiger partial charge in [-0.3, -0.25) is 9.78 Å². The van der Waals surface area contributed by atoms with Crippen LogP contribution in [0.5, 0.6) is 5.75 Å². The number of rotatable bonds is 9. The molecule has 3 aromatic rings. The van der Waals surface area contributed by atoms with Crippen molar-refractivity contribution in [2.75, 3.05) is 12.3 Å². The van der Waals surface area contributed by atoms with Crippen LogP contribution in [0.15, 0.2) is 78.0 Å². The fourth-order valence-electron chi connectivity index (χ4n) is 2.47. The number of hydrogen-bond acceptors (Lipinski definition) is 4. The number of aromatic nitrogens is 1. The van der Waals surface area contributed by atoms with E-state index in [0.29, 0.717) is 24.5 Å². The third-order valence-electron chi connectivity index (χ3n) is 3.91. The van der Waals surface area contributed by atoms with E-state index in [9.17, 15) is 9.18 Å². The first-order chi connectivity index (χ1) is 13.7. The third kappa shape index (κ3) is 6.39. The van der Waals surface area contributed by atoms with Crippen LogP contribution in [-0.2, 0) is 6.61 Å². The zero-order valence-corrected chi connectivity index (χ0v) is 16.1. The Morgan fingerprint density at radius 2 is 1.96 bits per heavy atom. The first-order valence-corrected chi connectivity index (χ1v) is 9.97. The number of benzene rings is 2. The maximum Gasteiger partial charge on any atom is 0.251 e. The largest absolute Gasteiger partial charge is 0.489 e. The predicted octanol–water partition coefficient (Wildman–Crippen LogP) is 4.71. The van der Waals surface area contributed by atoms with Crippen molar-refractivity contribution in [1.82, 2.24) is 10.3 Å². The van der Waals surface area contributed by atoms with Crippen molar-refractivity contribution in [3.8, 4) is 5.75 Å². The molecule has 0 radical (unpaired) electrons. The summed E-state index contributed by atoms with van der Waals surface area (Å²) in [5.74, 6) is 1.13. The molecule has 0 aliphatic rings. The maximum atomic E-state index is 12.9. The molecule has 2 aromatic carbocycles. The second-order valence-corrected chi connectivity index (χ2v) is 7.26. The average Bonchev–Trinajstić information content (AvgIpc) is 2.74. The van der Waals surface area contributed by atoms with Crippen LogP contribution in [0.3, 0.4) is 0 Å². The van der Waals surface area contributed by atoms with Crippen LogP contribution in [0.2, 0.25) is 0 Å². The second kappa shape index (κ2) is 10.5. The van der Waals surface area contributed by atoms with Gasteiger partial charge in [0, 0.05) is 35.0 Å². The maximum absolute atomic E-state index is 12.9. The summed E-state index contributed by atoms with van der Waals surface area (Å²) in [6, 6.07) is 17.3. The standard InChI is InChI=1S/C22H21FN2O2S/c23-19-7-9-21(10-8-19)28-13-3-12-25-22(26)18-5-1-6-20(14-18)27-16-17-4-2-11-24-15-17/h1-2,4-11,14-15H,3,12-13,16H2,(H,25,26). The minimum absolute atomic E-state index is 0.126.